The molecule has 7 rings (SSSR count). The summed E-state index contributed by atoms with van der Waals surface area (Å²) in [5.74, 6) is -4.16. The summed E-state index contributed by atoms with van der Waals surface area (Å²) in [6.45, 7) is 6.27. The maximum absolute atomic E-state index is 13.9. The number of hydrogen-bond donors (Lipinski definition) is 0. The van der Waals surface area contributed by atoms with E-state index in [2.05, 4.69) is 0 Å². The third-order valence-corrected chi connectivity index (χ3v) is 9.67. The van der Waals surface area contributed by atoms with E-state index in [4.69, 9.17) is 47.6 Å². The molecule has 0 spiro atoms. The Bertz CT molecular complexity index is 2210. The lowest BCUT2D eigenvalue weighted by atomic mass is 9.85. The van der Waals surface area contributed by atoms with Gasteiger partial charge in [-0.05, 0) is 31.5 Å². The molecule has 3 aromatic rings. The van der Waals surface area contributed by atoms with E-state index in [-0.39, 0.29) is 37.5 Å². The topological polar surface area (TPSA) is 220 Å². The zero-order chi connectivity index (χ0) is 39.3. The molecule has 4 aliphatic heterocycles. The van der Waals surface area contributed by atoms with Crippen LogP contribution < -0.4 is 15.0 Å². The van der Waals surface area contributed by atoms with Crippen molar-refractivity contribution in [2.45, 2.75) is 103 Å². The van der Waals surface area contributed by atoms with Crippen molar-refractivity contribution in [1.29, 1.82) is 0 Å². The molecule has 18 heteroatoms. The molecule has 0 aliphatic carbocycles. The minimum atomic E-state index is -2.03. The number of pyridine rings is 2. The molecule has 0 unspecified atom stereocenters. The standard InChI is InChI=1S/C37H36N2O16/c1-6-37(55-29(44)8-7-28(43)54-35-33(53-19(5)42)32(52-18(4)41)31(16(2)50-35)51-17(3)40)23-11-25-30-21(13-39(25)34(45)22(23)14-47-36(37)46)9-20-10-26-27(49-15-48-26)12-24(20)38-30/h9-12,16,31-33,35H,6-8,13-15H2,1-5H3/t16-,31-,32+,33+,35-,37-/m0/s1. The second-order valence-electron chi connectivity index (χ2n) is 13.4. The Balaban J connectivity index is 1.10. The summed E-state index contributed by atoms with van der Waals surface area (Å²) in [4.78, 5) is 94.4. The Morgan fingerprint density at radius 2 is 1.49 bits per heavy atom. The Labute approximate surface area is 311 Å². The molecule has 290 valence electrons. The van der Waals surface area contributed by atoms with Gasteiger partial charge in [0.25, 0.3) is 5.56 Å². The lowest BCUT2D eigenvalue weighted by Gasteiger charge is -2.42. The Morgan fingerprint density at radius 1 is 0.836 bits per heavy atom. The van der Waals surface area contributed by atoms with Crippen LogP contribution in [0.1, 0.15) is 70.6 Å². The van der Waals surface area contributed by atoms with Gasteiger partial charge >= 0.3 is 35.8 Å². The van der Waals surface area contributed by atoms with E-state index in [1.807, 2.05) is 12.1 Å². The van der Waals surface area contributed by atoms with Crippen LogP contribution in [0.25, 0.3) is 22.3 Å². The number of cyclic esters (lactones) is 1. The third kappa shape index (κ3) is 6.81. The van der Waals surface area contributed by atoms with Gasteiger partial charge in [-0.3, -0.25) is 28.8 Å². The van der Waals surface area contributed by atoms with Crippen molar-refractivity contribution in [3.8, 4) is 22.9 Å². The van der Waals surface area contributed by atoms with Crippen LogP contribution in [-0.2, 0) is 80.7 Å². The van der Waals surface area contributed by atoms with Crippen molar-refractivity contribution in [2.75, 3.05) is 6.79 Å². The zero-order valence-electron chi connectivity index (χ0n) is 30.4. The third-order valence-electron chi connectivity index (χ3n) is 9.67. The normalized spacial score (nSPS) is 24.5. The highest BCUT2D eigenvalue weighted by atomic mass is 16.7. The molecule has 1 saturated heterocycles. The minimum absolute atomic E-state index is 0.0903. The quantitative estimate of drug-likeness (QED) is 0.176. The van der Waals surface area contributed by atoms with Crippen LogP contribution in [-0.4, -0.2) is 82.9 Å². The highest BCUT2D eigenvalue weighted by Gasteiger charge is 2.53. The monoisotopic (exact) mass is 764 g/mol. The summed E-state index contributed by atoms with van der Waals surface area (Å²) in [5, 5.41) is 0.782. The molecule has 1 aromatic carbocycles. The molecular weight excluding hydrogens is 728 g/mol. The second-order valence-corrected chi connectivity index (χ2v) is 13.4. The van der Waals surface area contributed by atoms with Crippen molar-refractivity contribution in [3.05, 3.63) is 51.3 Å². The Morgan fingerprint density at radius 3 is 2.18 bits per heavy atom. The molecule has 6 atom stereocenters. The molecule has 55 heavy (non-hydrogen) atoms. The number of ether oxygens (including phenoxy) is 9. The molecule has 2 aromatic heterocycles. The average molecular weight is 765 g/mol. The van der Waals surface area contributed by atoms with Gasteiger partial charge in [0.05, 0.1) is 48.0 Å². The van der Waals surface area contributed by atoms with Gasteiger partial charge < -0.3 is 47.2 Å². The average Bonchev–Trinajstić information content (AvgIpc) is 3.73. The molecule has 4 aliphatic rings. The number of esters is 6. The van der Waals surface area contributed by atoms with Crippen molar-refractivity contribution >= 4 is 46.7 Å². The fraction of sp³-hybridized carbons (Fsp3) is 0.459. The van der Waals surface area contributed by atoms with Crippen LogP contribution in [0.15, 0.2) is 29.1 Å². The van der Waals surface area contributed by atoms with Crippen LogP contribution in [0.2, 0.25) is 0 Å². The maximum atomic E-state index is 13.9. The van der Waals surface area contributed by atoms with E-state index in [0.29, 0.717) is 28.4 Å². The second kappa shape index (κ2) is 14.3. The number of nitrogens with zero attached hydrogens (tertiary/aromatic N) is 2. The fourth-order valence-corrected chi connectivity index (χ4v) is 7.23. The molecule has 0 N–H and O–H groups in total. The highest BCUT2D eigenvalue weighted by Crippen LogP contribution is 2.43. The van der Waals surface area contributed by atoms with Crippen molar-refractivity contribution < 1.29 is 71.4 Å². The van der Waals surface area contributed by atoms with Crippen molar-refractivity contribution in [1.82, 2.24) is 9.55 Å². The molecule has 1 fully saturated rings. The van der Waals surface area contributed by atoms with Crippen LogP contribution in [0.3, 0.4) is 0 Å². The van der Waals surface area contributed by atoms with Gasteiger partial charge in [0.15, 0.2) is 23.7 Å². The van der Waals surface area contributed by atoms with Gasteiger partial charge in [0.2, 0.25) is 24.8 Å². The minimum Gasteiger partial charge on any atom is -0.457 e. The van der Waals surface area contributed by atoms with Crippen LogP contribution in [0.5, 0.6) is 11.5 Å². The Kier molecular flexibility index (Phi) is 9.70. The first-order chi connectivity index (χ1) is 26.2. The number of aromatic nitrogens is 2. The van der Waals surface area contributed by atoms with Gasteiger partial charge in [-0.15, -0.1) is 0 Å². The van der Waals surface area contributed by atoms with Gasteiger partial charge in [0, 0.05) is 43.4 Å². The van der Waals surface area contributed by atoms with Gasteiger partial charge in [-0.25, -0.2) is 9.78 Å². The molecule has 0 saturated carbocycles. The van der Waals surface area contributed by atoms with Crippen molar-refractivity contribution in [2.24, 2.45) is 0 Å². The SMILES string of the molecule is CC[C@@]1(OC(=O)CCC(=O)O[C@@H]2O[C@@H](C)[C@H](OC(C)=O)[C@@H](OC(C)=O)[C@H]2OC(C)=O)C(=O)OCc2c1cc1n(c2=O)Cc2cc3cc4c(cc3nc2-1)OCO4. The molecule has 0 bridgehead atoms. The summed E-state index contributed by atoms with van der Waals surface area (Å²) in [6, 6.07) is 7.07. The smallest absolute Gasteiger partial charge is 0.355 e. The Hall–Kier alpha value is -6.04. The van der Waals surface area contributed by atoms with Gasteiger partial charge in [-0.1, -0.05) is 6.92 Å². The maximum Gasteiger partial charge on any atom is 0.355 e. The van der Waals surface area contributed by atoms with E-state index in [9.17, 15) is 33.6 Å². The van der Waals surface area contributed by atoms with Crippen LogP contribution in [0.4, 0.5) is 0 Å². The molecule has 0 radical (unpaired) electrons. The first-order valence-corrected chi connectivity index (χ1v) is 17.5. The summed E-state index contributed by atoms with van der Waals surface area (Å²) >= 11 is 0. The first kappa shape index (κ1) is 37.3. The summed E-state index contributed by atoms with van der Waals surface area (Å²) in [6.07, 6.45) is -8.11. The number of benzene rings is 1. The first-order valence-electron chi connectivity index (χ1n) is 17.5. The number of carbonyl (C=O) groups is 6. The number of fused-ring (bicyclic) bond motifs is 6. The van der Waals surface area contributed by atoms with E-state index in [1.54, 1.807) is 19.1 Å². The number of hydrogen-bond acceptors (Lipinski definition) is 17. The van der Waals surface area contributed by atoms with Gasteiger partial charge in [0.1, 0.15) is 6.61 Å². The number of carbonyl (C=O) groups excluding carboxylic acids is 6. The summed E-state index contributed by atoms with van der Waals surface area (Å²) in [7, 11) is 0. The molecule has 18 nitrogen and oxygen atoms in total. The fourth-order valence-electron chi connectivity index (χ4n) is 7.23. The van der Waals surface area contributed by atoms with Crippen LogP contribution in [0, 0.1) is 0 Å². The lowest BCUT2D eigenvalue weighted by Crippen LogP contribution is -2.61. The zero-order valence-corrected chi connectivity index (χ0v) is 30.4. The predicted molar refractivity (Wildman–Crippen MR) is 181 cm³/mol. The summed E-state index contributed by atoms with van der Waals surface area (Å²) < 4.78 is 50.7. The number of rotatable bonds is 9. The lowest BCUT2D eigenvalue weighted by molar-refractivity contribution is -0.293. The summed E-state index contributed by atoms with van der Waals surface area (Å²) in [5.41, 5.74) is 0.0733. The van der Waals surface area contributed by atoms with E-state index >= 15 is 0 Å². The van der Waals surface area contributed by atoms with E-state index < -0.39 is 90.5 Å². The van der Waals surface area contributed by atoms with Gasteiger partial charge in [-0.2, -0.15) is 0 Å². The van der Waals surface area contributed by atoms with E-state index in [0.717, 1.165) is 31.7 Å². The molecule has 6 heterocycles. The molecule has 0 amide bonds. The largest absolute Gasteiger partial charge is 0.457 e. The predicted octanol–water partition coefficient (Wildman–Crippen LogP) is 2.22. The van der Waals surface area contributed by atoms with Crippen molar-refractivity contribution in [3.63, 3.8) is 0 Å². The molecular formula is C37H36N2O16. The van der Waals surface area contributed by atoms with Crippen LogP contribution >= 0.6 is 0 Å². The highest BCUT2D eigenvalue weighted by molar-refractivity contribution is 5.90. The van der Waals surface area contributed by atoms with E-state index in [1.165, 1.54) is 11.5 Å².